The Morgan fingerprint density at radius 3 is 1.89 bits per heavy atom. The van der Waals surface area contributed by atoms with Crippen LogP contribution < -0.4 is 0 Å². The van der Waals surface area contributed by atoms with Crippen molar-refractivity contribution < 1.29 is 4.79 Å². The van der Waals surface area contributed by atoms with Crippen LogP contribution in [-0.2, 0) is 4.79 Å². The summed E-state index contributed by atoms with van der Waals surface area (Å²) in [6.07, 6.45) is 3.75. The topological polar surface area (TPSA) is 32.9 Å². The molecule has 1 aromatic heterocycles. The molecule has 9 heavy (non-hydrogen) atoms. The summed E-state index contributed by atoms with van der Waals surface area (Å²) in [6, 6.07) is 3.89. The molecule has 0 aromatic carbocycles. The van der Waals surface area contributed by atoms with E-state index in [0.717, 1.165) is 0 Å². The number of aromatic amines is 1. The molecule has 0 bridgehead atoms. The van der Waals surface area contributed by atoms with Gasteiger partial charge in [-0.1, -0.05) is 0 Å². The smallest absolute Gasteiger partial charge is 0.218 e. The molecule has 0 saturated carbocycles. The van der Waals surface area contributed by atoms with Gasteiger partial charge in [0.05, 0.1) is 0 Å². The van der Waals surface area contributed by atoms with Gasteiger partial charge in [-0.2, -0.15) is 0 Å². The molecule has 2 nitrogen and oxygen atoms in total. The molecule has 0 aliphatic carbocycles. The van der Waals surface area contributed by atoms with E-state index in [2.05, 4.69) is 16.6 Å². The first-order valence-corrected chi connectivity index (χ1v) is 2.85. The summed E-state index contributed by atoms with van der Waals surface area (Å²) >= 11 is 4.64. The Morgan fingerprint density at radius 1 is 1.44 bits per heavy atom. The van der Waals surface area contributed by atoms with Gasteiger partial charge in [0.25, 0.3) is 0 Å². The number of aromatic nitrogens is 1. The minimum Gasteiger partial charge on any atom is -0.368 e. The van der Waals surface area contributed by atoms with E-state index in [1.807, 2.05) is 24.5 Å². The van der Waals surface area contributed by atoms with Crippen molar-refractivity contribution in [2.75, 3.05) is 0 Å². The zero-order valence-corrected chi connectivity index (χ0v) is 5.85. The molecule has 50 valence electrons. The van der Waals surface area contributed by atoms with E-state index in [1.165, 1.54) is 6.92 Å². The minimum absolute atomic E-state index is 0.361. The summed E-state index contributed by atoms with van der Waals surface area (Å²) in [7, 11) is 0. The van der Waals surface area contributed by atoms with Crippen molar-refractivity contribution in [1.29, 1.82) is 0 Å². The Labute approximate surface area is 58.8 Å². The van der Waals surface area contributed by atoms with E-state index < -0.39 is 0 Å². The summed E-state index contributed by atoms with van der Waals surface area (Å²) in [5.74, 6) is 0. The molecule has 0 atom stereocenters. The van der Waals surface area contributed by atoms with E-state index in [1.54, 1.807) is 0 Å². The van der Waals surface area contributed by atoms with Crippen LogP contribution in [0.3, 0.4) is 0 Å². The SMILES string of the molecule is CC(=O)Cl.c1cc[nH]c1. The lowest BCUT2D eigenvalue weighted by Gasteiger charge is -1.52. The summed E-state index contributed by atoms with van der Waals surface area (Å²) in [4.78, 5) is 12.1. The molecule has 3 heteroatoms. The second-order valence-electron chi connectivity index (χ2n) is 1.36. The molecule has 1 aromatic rings. The molecule has 0 saturated heterocycles. The summed E-state index contributed by atoms with van der Waals surface area (Å²) in [5.41, 5.74) is 0. The third kappa shape index (κ3) is 11.1. The predicted octanol–water partition coefficient (Wildman–Crippen LogP) is 1.79. The number of hydrogen-bond donors (Lipinski definition) is 1. The Morgan fingerprint density at radius 2 is 1.78 bits per heavy atom. The van der Waals surface area contributed by atoms with E-state index in [4.69, 9.17) is 0 Å². The van der Waals surface area contributed by atoms with Crippen LogP contribution in [0.25, 0.3) is 0 Å². The molecule has 0 unspecified atom stereocenters. The highest BCUT2D eigenvalue weighted by molar-refractivity contribution is 6.62. The highest BCUT2D eigenvalue weighted by Crippen LogP contribution is 1.72. The van der Waals surface area contributed by atoms with Crippen LogP contribution >= 0.6 is 11.6 Å². The number of H-pyrrole nitrogens is 1. The maximum Gasteiger partial charge on any atom is 0.218 e. The van der Waals surface area contributed by atoms with Gasteiger partial charge >= 0.3 is 0 Å². The summed E-state index contributed by atoms with van der Waals surface area (Å²) in [6.45, 7) is 1.29. The van der Waals surface area contributed by atoms with Crippen molar-refractivity contribution in [1.82, 2.24) is 4.98 Å². The van der Waals surface area contributed by atoms with Crippen LogP contribution in [0, 0.1) is 0 Å². The lowest BCUT2D eigenvalue weighted by molar-refractivity contribution is -0.109. The van der Waals surface area contributed by atoms with Gasteiger partial charge in [-0.25, -0.2) is 0 Å². The third-order valence-electron chi connectivity index (χ3n) is 0.496. The first-order valence-electron chi connectivity index (χ1n) is 2.47. The van der Waals surface area contributed by atoms with Crippen LogP contribution in [-0.4, -0.2) is 10.2 Å². The largest absolute Gasteiger partial charge is 0.368 e. The highest BCUT2D eigenvalue weighted by Gasteiger charge is 1.67. The van der Waals surface area contributed by atoms with E-state index in [9.17, 15) is 4.79 Å². The fourth-order valence-corrected chi connectivity index (χ4v) is 0.278. The molecular weight excluding hydrogens is 138 g/mol. The van der Waals surface area contributed by atoms with Gasteiger partial charge in [0, 0.05) is 19.3 Å². The zero-order chi connectivity index (χ0) is 7.11. The molecule has 0 fully saturated rings. The quantitative estimate of drug-likeness (QED) is 0.555. The monoisotopic (exact) mass is 145 g/mol. The number of nitrogens with one attached hydrogen (secondary N) is 1. The average molecular weight is 146 g/mol. The van der Waals surface area contributed by atoms with Gasteiger partial charge in [-0.05, 0) is 23.7 Å². The van der Waals surface area contributed by atoms with Gasteiger partial charge in [0.15, 0.2) is 0 Å². The number of hydrogen-bond acceptors (Lipinski definition) is 1. The summed E-state index contributed by atoms with van der Waals surface area (Å²) < 4.78 is 0. The Balaban J connectivity index is 0.000000148. The lowest BCUT2D eigenvalue weighted by atomic mass is 10.7. The molecular formula is C6H8ClNO. The second-order valence-corrected chi connectivity index (χ2v) is 1.89. The molecule has 1 rings (SSSR count). The Bertz CT molecular complexity index is 127. The van der Waals surface area contributed by atoms with Gasteiger partial charge in [-0.3, -0.25) is 4.79 Å². The normalized spacial score (nSPS) is 7.33. The minimum atomic E-state index is -0.361. The second kappa shape index (κ2) is 5.38. The fourth-order valence-electron chi connectivity index (χ4n) is 0.278. The number of halogens is 1. The predicted molar refractivity (Wildman–Crippen MR) is 37.3 cm³/mol. The standard InChI is InChI=1S/C4H5N.C2H3ClO/c1-2-4-5-3-1;1-2(3)4/h1-5H;1H3. The highest BCUT2D eigenvalue weighted by atomic mass is 35.5. The van der Waals surface area contributed by atoms with Crippen LogP contribution in [0.15, 0.2) is 24.5 Å². The summed E-state index contributed by atoms with van der Waals surface area (Å²) in [5, 5.41) is -0.361. The van der Waals surface area contributed by atoms with Crippen LogP contribution in [0.2, 0.25) is 0 Å². The van der Waals surface area contributed by atoms with Crippen molar-refractivity contribution in [3.8, 4) is 0 Å². The van der Waals surface area contributed by atoms with Gasteiger partial charge in [0.1, 0.15) is 0 Å². The third-order valence-corrected chi connectivity index (χ3v) is 0.496. The van der Waals surface area contributed by atoms with E-state index >= 15 is 0 Å². The first kappa shape index (κ1) is 8.24. The molecule has 0 aliphatic heterocycles. The maximum atomic E-state index is 9.21. The van der Waals surface area contributed by atoms with Gasteiger partial charge in [0.2, 0.25) is 5.24 Å². The molecule has 0 radical (unpaired) electrons. The van der Waals surface area contributed by atoms with Crippen LogP contribution in [0.4, 0.5) is 0 Å². The molecule has 0 spiro atoms. The Kier molecular flexibility index (Phi) is 4.92. The lowest BCUT2D eigenvalue weighted by Crippen LogP contribution is -1.62. The van der Waals surface area contributed by atoms with Crippen molar-refractivity contribution in [2.24, 2.45) is 0 Å². The number of carbonyl (C=O) groups excluding carboxylic acids is 1. The fraction of sp³-hybridized carbons (Fsp3) is 0.167. The molecule has 1 heterocycles. The van der Waals surface area contributed by atoms with E-state index in [-0.39, 0.29) is 5.24 Å². The average Bonchev–Trinajstić information content (AvgIpc) is 2.11. The Hall–Kier alpha value is -0.760. The zero-order valence-electron chi connectivity index (χ0n) is 5.10. The van der Waals surface area contributed by atoms with Crippen LogP contribution in [0.5, 0.6) is 0 Å². The van der Waals surface area contributed by atoms with Crippen molar-refractivity contribution in [2.45, 2.75) is 6.92 Å². The number of rotatable bonds is 0. The molecule has 1 N–H and O–H groups in total. The van der Waals surface area contributed by atoms with Crippen molar-refractivity contribution >= 4 is 16.8 Å². The van der Waals surface area contributed by atoms with Crippen molar-refractivity contribution in [3.63, 3.8) is 0 Å². The molecule has 0 aliphatic rings. The van der Waals surface area contributed by atoms with Crippen molar-refractivity contribution in [3.05, 3.63) is 24.5 Å². The van der Waals surface area contributed by atoms with Crippen LogP contribution in [0.1, 0.15) is 6.92 Å². The maximum absolute atomic E-state index is 9.21. The first-order chi connectivity index (χ1) is 4.23. The molecule has 0 amide bonds. The van der Waals surface area contributed by atoms with Gasteiger partial charge in [-0.15, -0.1) is 0 Å². The van der Waals surface area contributed by atoms with E-state index in [0.29, 0.717) is 0 Å². The number of carbonyl (C=O) groups is 1. The van der Waals surface area contributed by atoms with Gasteiger partial charge < -0.3 is 4.98 Å².